The fraction of sp³-hybridized carbons (Fsp3) is 0.111. The van der Waals surface area contributed by atoms with Crippen LogP contribution in [0.15, 0.2) is 40.0 Å². The Kier molecular flexibility index (Phi) is 2.61. The lowest BCUT2D eigenvalue weighted by atomic mass is 10.3. The zero-order valence-corrected chi connectivity index (χ0v) is 9.23. The van der Waals surface area contributed by atoms with Gasteiger partial charge in [0.15, 0.2) is 0 Å². The lowest BCUT2D eigenvalue weighted by Crippen LogP contribution is -1.96. The fourth-order valence-electron chi connectivity index (χ4n) is 1.06. The Bertz CT molecular complexity index is 577. The largest absolute Gasteiger partial charge is 0.394 e. The van der Waals surface area contributed by atoms with Crippen LogP contribution in [0, 0.1) is 0 Å². The number of benzene rings is 1. The van der Waals surface area contributed by atoms with Gasteiger partial charge in [0.05, 0.1) is 0 Å². The molecule has 16 heavy (non-hydrogen) atoms. The van der Waals surface area contributed by atoms with Crippen molar-refractivity contribution < 1.29 is 12.8 Å². The highest BCUT2D eigenvalue weighted by atomic mass is 32.2. The van der Waals surface area contributed by atoms with Crippen molar-refractivity contribution in [1.82, 2.24) is 10.2 Å². The molecule has 0 aliphatic heterocycles. The summed E-state index contributed by atoms with van der Waals surface area (Å²) in [7, 11) is -3.45. The van der Waals surface area contributed by atoms with Gasteiger partial charge in [-0.25, -0.2) is 8.42 Å². The summed E-state index contributed by atoms with van der Waals surface area (Å²) in [5.74, 6) is 0. The maximum absolute atomic E-state index is 11.1. The van der Waals surface area contributed by atoms with Gasteiger partial charge in [0.2, 0.25) is 9.84 Å². The van der Waals surface area contributed by atoms with Crippen LogP contribution in [0.1, 0.15) is 0 Å². The lowest BCUT2D eigenvalue weighted by molar-refractivity contribution is 0.444. The highest BCUT2D eigenvalue weighted by Gasteiger charge is 2.16. The van der Waals surface area contributed by atoms with Crippen molar-refractivity contribution in [3.63, 3.8) is 0 Å². The predicted molar refractivity (Wildman–Crippen MR) is 57.1 cm³/mol. The van der Waals surface area contributed by atoms with E-state index in [1.165, 1.54) is 0 Å². The SMILES string of the molecule is CS(=O)(=O)c1nnc(Nc2ccccc2)o1. The van der Waals surface area contributed by atoms with E-state index in [4.69, 9.17) is 4.42 Å². The highest BCUT2D eigenvalue weighted by molar-refractivity contribution is 7.90. The second kappa shape index (κ2) is 3.93. The Morgan fingerprint density at radius 3 is 2.44 bits per heavy atom. The second-order valence-corrected chi connectivity index (χ2v) is 5.03. The first-order valence-corrected chi connectivity index (χ1v) is 6.30. The van der Waals surface area contributed by atoms with Gasteiger partial charge >= 0.3 is 11.2 Å². The van der Waals surface area contributed by atoms with Crippen molar-refractivity contribution in [2.75, 3.05) is 11.6 Å². The summed E-state index contributed by atoms with van der Waals surface area (Å²) < 4.78 is 27.1. The van der Waals surface area contributed by atoms with Crippen molar-refractivity contribution in [1.29, 1.82) is 0 Å². The Hall–Kier alpha value is -1.89. The smallest absolute Gasteiger partial charge is 0.336 e. The molecule has 0 unspecified atom stereocenters. The molecule has 2 aromatic rings. The molecule has 0 atom stereocenters. The van der Waals surface area contributed by atoms with Crippen LogP contribution in [0.3, 0.4) is 0 Å². The van der Waals surface area contributed by atoms with Gasteiger partial charge in [-0.05, 0) is 12.1 Å². The van der Waals surface area contributed by atoms with Crippen molar-refractivity contribution in [2.24, 2.45) is 0 Å². The van der Waals surface area contributed by atoms with Crippen molar-refractivity contribution in [3.05, 3.63) is 30.3 Å². The summed E-state index contributed by atoms with van der Waals surface area (Å²) in [5, 5.41) is 9.38. The molecule has 1 heterocycles. The highest BCUT2D eigenvalue weighted by Crippen LogP contribution is 2.16. The van der Waals surface area contributed by atoms with E-state index in [1.807, 2.05) is 18.2 Å². The van der Waals surface area contributed by atoms with Crippen LogP contribution < -0.4 is 5.32 Å². The van der Waals surface area contributed by atoms with Crippen LogP contribution >= 0.6 is 0 Å². The maximum Gasteiger partial charge on any atom is 0.336 e. The molecule has 0 saturated heterocycles. The molecule has 0 spiro atoms. The Labute approximate surface area is 92.2 Å². The van der Waals surface area contributed by atoms with Gasteiger partial charge in [0.1, 0.15) is 0 Å². The third-order valence-electron chi connectivity index (χ3n) is 1.75. The molecule has 0 fully saturated rings. The summed E-state index contributed by atoms with van der Waals surface area (Å²) in [4.78, 5) is 0. The molecule has 1 aromatic heterocycles. The molecule has 2 rings (SSSR count). The molecule has 84 valence electrons. The van der Waals surface area contributed by atoms with E-state index in [0.717, 1.165) is 11.9 Å². The van der Waals surface area contributed by atoms with Crippen LogP contribution in [-0.4, -0.2) is 24.9 Å². The number of hydrogen-bond donors (Lipinski definition) is 1. The number of sulfone groups is 1. The summed E-state index contributed by atoms with van der Waals surface area (Å²) in [6, 6.07) is 9.16. The predicted octanol–water partition coefficient (Wildman–Crippen LogP) is 1.22. The molecule has 1 aromatic carbocycles. The molecular weight excluding hydrogens is 230 g/mol. The molecular formula is C9H9N3O3S. The first-order valence-electron chi connectivity index (χ1n) is 4.41. The van der Waals surface area contributed by atoms with E-state index in [1.54, 1.807) is 12.1 Å². The lowest BCUT2D eigenvalue weighted by Gasteiger charge is -1.98. The molecule has 0 bridgehead atoms. The third kappa shape index (κ3) is 2.37. The molecule has 0 aliphatic carbocycles. The number of rotatable bonds is 3. The topological polar surface area (TPSA) is 85.1 Å². The molecule has 0 saturated carbocycles. The summed E-state index contributed by atoms with van der Waals surface area (Å²) in [6.45, 7) is 0. The van der Waals surface area contributed by atoms with Crippen LogP contribution in [0.25, 0.3) is 0 Å². The van der Waals surface area contributed by atoms with Crippen LogP contribution in [-0.2, 0) is 9.84 Å². The zero-order chi connectivity index (χ0) is 11.6. The Morgan fingerprint density at radius 1 is 1.19 bits per heavy atom. The number of aromatic nitrogens is 2. The van der Waals surface area contributed by atoms with Gasteiger partial charge in [-0.1, -0.05) is 28.4 Å². The van der Waals surface area contributed by atoms with E-state index in [9.17, 15) is 8.42 Å². The van der Waals surface area contributed by atoms with Gasteiger partial charge < -0.3 is 9.73 Å². The maximum atomic E-state index is 11.1. The first-order chi connectivity index (χ1) is 7.55. The van der Waals surface area contributed by atoms with Crippen LogP contribution in [0.5, 0.6) is 0 Å². The Balaban J connectivity index is 2.22. The zero-order valence-electron chi connectivity index (χ0n) is 8.41. The number of nitrogens with zero attached hydrogens (tertiary/aromatic N) is 2. The summed E-state index contributed by atoms with van der Waals surface area (Å²) >= 11 is 0. The minimum absolute atomic E-state index is 0.0478. The molecule has 0 radical (unpaired) electrons. The van der Waals surface area contributed by atoms with Crippen molar-refractivity contribution in [3.8, 4) is 0 Å². The molecule has 1 N–H and O–H groups in total. The molecule has 0 aliphatic rings. The number of anilines is 2. The molecule has 6 nitrogen and oxygen atoms in total. The minimum Gasteiger partial charge on any atom is -0.394 e. The second-order valence-electron chi connectivity index (χ2n) is 3.14. The van der Waals surface area contributed by atoms with E-state index in [0.29, 0.717) is 0 Å². The standard InChI is InChI=1S/C9H9N3O3S/c1-16(13,14)9-12-11-8(15-9)10-7-5-3-2-4-6-7/h2-6H,1H3,(H,10,11). The third-order valence-corrected chi connectivity index (χ3v) is 2.55. The molecule has 0 amide bonds. The quantitative estimate of drug-likeness (QED) is 0.866. The van der Waals surface area contributed by atoms with E-state index in [-0.39, 0.29) is 6.01 Å². The Morgan fingerprint density at radius 2 is 1.88 bits per heavy atom. The van der Waals surface area contributed by atoms with Gasteiger partial charge in [0.25, 0.3) is 0 Å². The van der Waals surface area contributed by atoms with E-state index >= 15 is 0 Å². The number of nitrogens with one attached hydrogen (secondary N) is 1. The van der Waals surface area contributed by atoms with Crippen LogP contribution in [0.4, 0.5) is 11.7 Å². The van der Waals surface area contributed by atoms with E-state index < -0.39 is 15.1 Å². The first kappa shape index (κ1) is 10.6. The minimum atomic E-state index is -3.45. The van der Waals surface area contributed by atoms with Gasteiger partial charge in [-0.15, -0.1) is 0 Å². The van der Waals surface area contributed by atoms with Gasteiger partial charge in [0, 0.05) is 11.9 Å². The van der Waals surface area contributed by atoms with Crippen molar-refractivity contribution >= 4 is 21.5 Å². The summed E-state index contributed by atoms with van der Waals surface area (Å²) in [5.41, 5.74) is 0.742. The fourth-order valence-corrected chi connectivity index (χ4v) is 1.47. The van der Waals surface area contributed by atoms with Crippen LogP contribution in [0.2, 0.25) is 0 Å². The average molecular weight is 239 g/mol. The van der Waals surface area contributed by atoms with Crippen molar-refractivity contribution in [2.45, 2.75) is 5.22 Å². The number of hydrogen-bond acceptors (Lipinski definition) is 6. The van der Waals surface area contributed by atoms with Gasteiger partial charge in [-0.3, -0.25) is 0 Å². The average Bonchev–Trinajstić information content (AvgIpc) is 2.67. The number of para-hydroxylation sites is 1. The normalized spacial score (nSPS) is 11.3. The molecule has 7 heteroatoms. The summed E-state index contributed by atoms with van der Waals surface area (Å²) in [6.07, 6.45) is 1.01. The monoisotopic (exact) mass is 239 g/mol. The van der Waals surface area contributed by atoms with E-state index in [2.05, 4.69) is 15.5 Å². The van der Waals surface area contributed by atoms with Gasteiger partial charge in [-0.2, -0.15) is 0 Å².